The predicted octanol–water partition coefficient (Wildman–Crippen LogP) is 0.576. The highest BCUT2D eigenvalue weighted by Crippen LogP contribution is 2.34. The van der Waals surface area contributed by atoms with Crippen LogP contribution in [0.15, 0.2) is 29.2 Å². The molecule has 0 aromatic heterocycles. The molecule has 23 heavy (non-hydrogen) atoms. The van der Waals surface area contributed by atoms with Crippen molar-refractivity contribution >= 4 is 33.8 Å². The molecule has 1 aliphatic rings. The van der Waals surface area contributed by atoms with Crippen LogP contribution in [-0.4, -0.2) is 51.5 Å². The van der Waals surface area contributed by atoms with Crippen LogP contribution in [0.25, 0.3) is 0 Å². The molecule has 9 heteroatoms. The Morgan fingerprint density at radius 3 is 2.17 bits per heavy atom. The van der Waals surface area contributed by atoms with E-state index in [4.69, 9.17) is 5.21 Å². The average molecular weight is 364 g/mol. The van der Waals surface area contributed by atoms with Gasteiger partial charge in [0.05, 0.1) is 4.90 Å². The van der Waals surface area contributed by atoms with Gasteiger partial charge in [-0.1, -0.05) is 0 Å². The van der Waals surface area contributed by atoms with E-state index in [9.17, 15) is 13.2 Å². The maximum atomic E-state index is 13.0. The number of benzene rings is 1. The molecular formula is C14H22ClN3O4S. The summed E-state index contributed by atoms with van der Waals surface area (Å²) in [6, 6.07) is 6.38. The number of carbonyl (C=O) groups is 1. The van der Waals surface area contributed by atoms with Crippen molar-refractivity contribution in [2.24, 2.45) is 0 Å². The molecule has 1 amide bonds. The normalized spacial score (nSPS) is 17.0. The number of anilines is 1. The fourth-order valence-corrected chi connectivity index (χ4v) is 4.68. The van der Waals surface area contributed by atoms with E-state index in [-0.39, 0.29) is 30.1 Å². The van der Waals surface area contributed by atoms with E-state index in [1.54, 1.807) is 12.1 Å². The van der Waals surface area contributed by atoms with E-state index in [0.29, 0.717) is 13.1 Å². The van der Waals surface area contributed by atoms with Gasteiger partial charge < -0.3 is 10.2 Å². The van der Waals surface area contributed by atoms with Crippen molar-refractivity contribution in [3.8, 4) is 0 Å². The summed E-state index contributed by atoms with van der Waals surface area (Å²) < 4.78 is 24.3. The van der Waals surface area contributed by atoms with Gasteiger partial charge in [0.1, 0.15) is 0 Å². The lowest BCUT2D eigenvalue weighted by Crippen LogP contribution is -2.57. The Morgan fingerprint density at radius 1 is 1.22 bits per heavy atom. The van der Waals surface area contributed by atoms with Crippen molar-refractivity contribution in [1.82, 2.24) is 10.8 Å². The summed E-state index contributed by atoms with van der Waals surface area (Å²) in [6.45, 7) is 0.810. The largest absolute Gasteiger partial charge is 0.378 e. The number of nitrogens with zero attached hydrogens (tertiary/aromatic N) is 1. The third-order valence-corrected chi connectivity index (χ3v) is 6.62. The molecule has 1 saturated heterocycles. The van der Waals surface area contributed by atoms with Gasteiger partial charge in [-0.25, -0.2) is 13.9 Å². The van der Waals surface area contributed by atoms with Gasteiger partial charge in [-0.3, -0.25) is 10.0 Å². The number of sulfone groups is 1. The van der Waals surface area contributed by atoms with E-state index >= 15 is 0 Å². The van der Waals surface area contributed by atoms with Crippen LogP contribution in [0.3, 0.4) is 0 Å². The molecule has 1 fully saturated rings. The Hall–Kier alpha value is -1.35. The van der Waals surface area contributed by atoms with E-state index in [1.165, 1.54) is 17.6 Å². The van der Waals surface area contributed by atoms with Crippen LogP contribution in [0, 0.1) is 0 Å². The first-order valence-corrected chi connectivity index (χ1v) is 8.51. The number of hydroxylamine groups is 1. The van der Waals surface area contributed by atoms with Crippen molar-refractivity contribution in [2.45, 2.75) is 22.5 Å². The van der Waals surface area contributed by atoms with Crippen LogP contribution in [0.1, 0.15) is 12.8 Å². The highest BCUT2D eigenvalue weighted by atomic mass is 35.5. The van der Waals surface area contributed by atoms with Gasteiger partial charge >= 0.3 is 0 Å². The molecule has 0 aliphatic carbocycles. The van der Waals surface area contributed by atoms with Crippen LogP contribution in [0.4, 0.5) is 5.69 Å². The first-order valence-electron chi connectivity index (χ1n) is 7.02. The third-order valence-electron chi connectivity index (χ3n) is 4.10. The van der Waals surface area contributed by atoms with E-state index in [1.807, 2.05) is 19.0 Å². The fraction of sp³-hybridized carbons (Fsp3) is 0.500. The molecule has 0 saturated carbocycles. The molecule has 0 spiro atoms. The van der Waals surface area contributed by atoms with Crippen LogP contribution in [-0.2, 0) is 14.6 Å². The predicted molar refractivity (Wildman–Crippen MR) is 90.0 cm³/mol. The number of halogens is 1. The number of hydrogen-bond acceptors (Lipinski definition) is 6. The summed E-state index contributed by atoms with van der Waals surface area (Å²) >= 11 is 0. The minimum atomic E-state index is -3.91. The lowest BCUT2D eigenvalue weighted by Gasteiger charge is -2.34. The van der Waals surface area contributed by atoms with Crippen molar-refractivity contribution in [3.05, 3.63) is 24.3 Å². The van der Waals surface area contributed by atoms with Crippen molar-refractivity contribution in [2.75, 3.05) is 32.1 Å². The summed E-state index contributed by atoms with van der Waals surface area (Å²) in [5.41, 5.74) is 2.39. The summed E-state index contributed by atoms with van der Waals surface area (Å²) in [6.07, 6.45) is 0.244. The summed E-state index contributed by atoms with van der Waals surface area (Å²) in [5, 5.41) is 12.0. The van der Waals surface area contributed by atoms with Gasteiger partial charge in [-0.15, -0.1) is 12.4 Å². The molecule has 1 aromatic rings. The molecule has 1 heterocycles. The zero-order chi connectivity index (χ0) is 16.4. The van der Waals surface area contributed by atoms with Gasteiger partial charge in [0.25, 0.3) is 5.91 Å². The minimum Gasteiger partial charge on any atom is -0.378 e. The molecule has 1 aromatic carbocycles. The smallest absolute Gasteiger partial charge is 0.265 e. The maximum absolute atomic E-state index is 13.0. The molecule has 130 valence electrons. The van der Waals surface area contributed by atoms with Crippen LogP contribution in [0.5, 0.6) is 0 Å². The summed E-state index contributed by atoms with van der Waals surface area (Å²) in [4.78, 5) is 14.1. The number of carbonyl (C=O) groups excluding carboxylic acids is 1. The second kappa shape index (κ2) is 7.48. The van der Waals surface area contributed by atoms with Gasteiger partial charge in [-0.05, 0) is 50.2 Å². The van der Waals surface area contributed by atoms with Gasteiger partial charge in [0, 0.05) is 19.8 Å². The van der Waals surface area contributed by atoms with Gasteiger partial charge in [0.2, 0.25) is 0 Å². The Bertz CT molecular complexity index is 640. The molecule has 0 radical (unpaired) electrons. The Balaban J connectivity index is 0.00000264. The topological polar surface area (TPSA) is 98.7 Å². The third kappa shape index (κ3) is 3.45. The highest BCUT2D eigenvalue weighted by Gasteiger charge is 2.51. The quantitative estimate of drug-likeness (QED) is 0.534. The number of nitrogens with one attached hydrogen (secondary N) is 2. The zero-order valence-electron chi connectivity index (χ0n) is 13.1. The molecule has 0 unspecified atom stereocenters. The SMILES string of the molecule is CN(C)c1ccc(S(=O)(=O)C2(C(=O)NO)CCNCC2)cc1.Cl. The van der Waals surface area contributed by atoms with Gasteiger partial charge in [-0.2, -0.15) is 0 Å². The van der Waals surface area contributed by atoms with E-state index in [0.717, 1.165) is 5.69 Å². The molecule has 1 aliphatic heterocycles. The second-order valence-electron chi connectivity index (χ2n) is 5.58. The van der Waals surface area contributed by atoms with Crippen LogP contribution in [0.2, 0.25) is 0 Å². The summed E-state index contributed by atoms with van der Waals surface area (Å²) in [7, 11) is -0.192. The monoisotopic (exact) mass is 363 g/mol. The molecular weight excluding hydrogens is 342 g/mol. The van der Waals surface area contributed by atoms with E-state index < -0.39 is 20.5 Å². The number of rotatable bonds is 4. The standard InChI is InChI=1S/C14H21N3O4S.ClH/c1-17(2)11-3-5-12(6-4-11)22(20,21)14(13(18)16-19)7-9-15-10-8-14;/h3-6,15,19H,7-10H2,1-2H3,(H,16,18);1H. The molecule has 2 rings (SSSR count). The first kappa shape index (κ1) is 19.7. The lowest BCUT2D eigenvalue weighted by atomic mass is 9.96. The minimum absolute atomic E-state index is 0. The fourth-order valence-electron chi connectivity index (χ4n) is 2.70. The second-order valence-corrected chi connectivity index (χ2v) is 7.84. The summed E-state index contributed by atoms with van der Waals surface area (Å²) in [5.74, 6) is -0.870. The van der Waals surface area contributed by atoms with Gasteiger partial charge in [0.15, 0.2) is 14.6 Å². The Morgan fingerprint density at radius 2 is 1.74 bits per heavy atom. The molecule has 0 bridgehead atoms. The van der Waals surface area contributed by atoms with E-state index in [2.05, 4.69) is 5.32 Å². The first-order chi connectivity index (χ1) is 10.3. The van der Waals surface area contributed by atoms with Crippen molar-refractivity contribution < 1.29 is 18.4 Å². The molecule has 3 N–H and O–H groups in total. The lowest BCUT2D eigenvalue weighted by molar-refractivity contribution is -0.132. The average Bonchev–Trinajstić information content (AvgIpc) is 2.54. The zero-order valence-corrected chi connectivity index (χ0v) is 14.7. The number of amides is 1. The molecule has 0 atom stereocenters. The van der Waals surface area contributed by atoms with Crippen LogP contribution < -0.4 is 15.7 Å². The Labute approximate surface area is 142 Å². The maximum Gasteiger partial charge on any atom is 0.265 e. The number of piperidine rings is 1. The number of hydrogen-bond donors (Lipinski definition) is 3. The van der Waals surface area contributed by atoms with Crippen molar-refractivity contribution in [1.29, 1.82) is 0 Å². The molecule has 7 nitrogen and oxygen atoms in total. The van der Waals surface area contributed by atoms with Crippen molar-refractivity contribution in [3.63, 3.8) is 0 Å². The Kier molecular flexibility index (Phi) is 6.41. The highest BCUT2D eigenvalue weighted by molar-refractivity contribution is 7.93. The van der Waals surface area contributed by atoms with Crippen LogP contribution >= 0.6 is 12.4 Å².